The van der Waals surface area contributed by atoms with Crippen LogP contribution in [0.15, 0.2) is 78.9 Å². The monoisotopic (exact) mass is 555 g/mol. The third kappa shape index (κ3) is 5.82. The van der Waals surface area contributed by atoms with E-state index < -0.39 is 0 Å². The zero-order valence-corrected chi connectivity index (χ0v) is 22.3. The molecule has 2 nitrogen and oxygen atoms in total. The highest BCUT2D eigenvalue weighted by Crippen LogP contribution is 2.37. The largest absolute Gasteiger partial charge is 0.467 e. The standard InChI is InChI=1S/C26H25INOP.C2H6/c1-19(2)26-23(15-13-20-9-5-3-6-10-20)24-17-22(29-30-27)14-16-25(24)28(26)18-21-11-7-4-8-12-21;1-2/h3-17,19,30H,18H2,1-2H3;1-2H3/b15-13+;. The lowest BCUT2D eigenvalue weighted by Crippen LogP contribution is -2.06. The van der Waals surface area contributed by atoms with E-state index in [0.717, 1.165) is 12.3 Å². The number of halogens is 1. The van der Waals surface area contributed by atoms with E-state index in [9.17, 15) is 0 Å². The summed E-state index contributed by atoms with van der Waals surface area (Å²) in [7, 11) is 0. The Morgan fingerprint density at radius 2 is 1.56 bits per heavy atom. The molecule has 4 aromatic rings. The maximum Gasteiger partial charge on any atom is 0.137 e. The molecule has 0 aliphatic carbocycles. The van der Waals surface area contributed by atoms with Crippen molar-refractivity contribution >= 4 is 51.5 Å². The van der Waals surface area contributed by atoms with Crippen LogP contribution in [0.25, 0.3) is 23.1 Å². The first kappa shape index (κ1) is 24.5. The van der Waals surface area contributed by atoms with Crippen LogP contribution in [-0.2, 0) is 6.54 Å². The molecule has 1 aromatic heterocycles. The quantitative estimate of drug-likeness (QED) is 0.164. The third-order valence-corrected chi connectivity index (χ3v) is 6.22. The van der Waals surface area contributed by atoms with Crippen LogP contribution in [0.1, 0.15) is 56.0 Å². The van der Waals surface area contributed by atoms with Gasteiger partial charge in [0.2, 0.25) is 0 Å². The van der Waals surface area contributed by atoms with Crippen molar-refractivity contribution in [3.63, 3.8) is 0 Å². The van der Waals surface area contributed by atoms with Crippen LogP contribution >= 0.6 is 28.5 Å². The molecule has 3 aromatic carbocycles. The predicted octanol–water partition coefficient (Wildman–Crippen LogP) is 9.33. The molecule has 166 valence electrons. The molecule has 0 bridgehead atoms. The molecule has 4 rings (SSSR count). The summed E-state index contributed by atoms with van der Waals surface area (Å²) in [6, 6.07) is 27.7. The molecule has 1 atom stereocenters. The molecule has 0 fully saturated rings. The second-order valence-electron chi connectivity index (χ2n) is 7.63. The molecule has 1 heterocycles. The Morgan fingerprint density at radius 1 is 0.906 bits per heavy atom. The minimum absolute atomic E-state index is 0.396. The summed E-state index contributed by atoms with van der Waals surface area (Å²) < 4.78 is 8.31. The molecule has 0 N–H and O–H groups in total. The van der Waals surface area contributed by atoms with Gasteiger partial charge in [-0.05, 0) is 57.3 Å². The number of nitrogens with zero attached hydrogens (tertiary/aromatic N) is 1. The molecule has 0 saturated carbocycles. The molecule has 0 radical (unpaired) electrons. The summed E-state index contributed by atoms with van der Waals surface area (Å²) in [4.78, 5) is 0. The summed E-state index contributed by atoms with van der Waals surface area (Å²) in [5, 5.41) is 1.24. The molecule has 32 heavy (non-hydrogen) atoms. The summed E-state index contributed by atoms with van der Waals surface area (Å²) >= 11 is 2.27. The lowest BCUT2D eigenvalue weighted by Gasteiger charge is -2.15. The van der Waals surface area contributed by atoms with Gasteiger partial charge in [-0.1, -0.05) is 101 Å². The Hall–Kier alpha value is -2.10. The van der Waals surface area contributed by atoms with Crippen molar-refractivity contribution < 1.29 is 4.52 Å². The number of fused-ring (bicyclic) bond motifs is 1. The summed E-state index contributed by atoms with van der Waals surface area (Å²) in [5.41, 5.74) is 6.40. The Morgan fingerprint density at radius 3 is 2.19 bits per heavy atom. The molecule has 0 aliphatic rings. The first-order chi connectivity index (χ1) is 15.7. The van der Waals surface area contributed by atoms with Crippen molar-refractivity contribution in [2.24, 2.45) is 0 Å². The van der Waals surface area contributed by atoms with Gasteiger partial charge in [0.05, 0.1) is 0 Å². The van der Waals surface area contributed by atoms with Crippen molar-refractivity contribution in [2.45, 2.75) is 40.2 Å². The van der Waals surface area contributed by atoms with Gasteiger partial charge in [0.15, 0.2) is 0 Å². The fourth-order valence-corrected chi connectivity index (χ4v) is 4.94. The van der Waals surface area contributed by atoms with Crippen LogP contribution in [-0.4, -0.2) is 4.57 Å². The van der Waals surface area contributed by atoms with E-state index >= 15 is 0 Å². The van der Waals surface area contributed by atoms with Crippen LogP contribution in [0.3, 0.4) is 0 Å². The van der Waals surface area contributed by atoms with Gasteiger partial charge in [-0.3, -0.25) is 0 Å². The fourth-order valence-electron chi connectivity index (χ4n) is 3.97. The topological polar surface area (TPSA) is 14.2 Å². The van der Waals surface area contributed by atoms with Gasteiger partial charge in [-0.2, -0.15) is 0 Å². The Bertz CT molecular complexity index is 1150. The summed E-state index contributed by atoms with van der Waals surface area (Å²) in [6.45, 7) is 9.82. The molecular weight excluding hydrogens is 524 g/mol. The Labute approximate surface area is 207 Å². The highest BCUT2D eigenvalue weighted by Gasteiger charge is 2.19. The van der Waals surface area contributed by atoms with Gasteiger partial charge in [-0.15, -0.1) is 0 Å². The molecular formula is C28H31INOP. The van der Waals surface area contributed by atoms with Gasteiger partial charge in [0.1, 0.15) is 12.2 Å². The number of hydrogen-bond acceptors (Lipinski definition) is 1. The van der Waals surface area contributed by atoms with Crippen LogP contribution in [0.4, 0.5) is 0 Å². The van der Waals surface area contributed by atoms with E-state index in [4.69, 9.17) is 4.52 Å². The van der Waals surface area contributed by atoms with Gasteiger partial charge < -0.3 is 9.09 Å². The van der Waals surface area contributed by atoms with Crippen LogP contribution in [0, 0.1) is 0 Å². The fraction of sp³-hybridized carbons (Fsp3) is 0.214. The zero-order chi connectivity index (χ0) is 22.9. The normalized spacial score (nSPS) is 11.4. The first-order valence-corrected chi connectivity index (χ1v) is 15.2. The first-order valence-electron chi connectivity index (χ1n) is 11.1. The molecule has 0 spiro atoms. The van der Waals surface area contributed by atoms with Gasteiger partial charge in [0.25, 0.3) is 0 Å². The maximum absolute atomic E-state index is 5.84. The highest BCUT2D eigenvalue weighted by atomic mass is 127. The van der Waals surface area contributed by atoms with E-state index in [2.05, 4.69) is 131 Å². The molecule has 0 aliphatic heterocycles. The average Bonchev–Trinajstić information content (AvgIpc) is 3.13. The Balaban J connectivity index is 0.00000141. The summed E-state index contributed by atoms with van der Waals surface area (Å²) in [6.07, 6.45) is 4.48. The summed E-state index contributed by atoms with van der Waals surface area (Å²) in [5.74, 6) is 1.32. The lowest BCUT2D eigenvalue weighted by atomic mass is 10.0. The van der Waals surface area contributed by atoms with Crippen molar-refractivity contribution in [3.05, 3.63) is 101 Å². The molecule has 0 saturated heterocycles. The predicted molar refractivity (Wildman–Crippen MR) is 151 cm³/mol. The van der Waals surface area contributed by atoms with Gasteiger partial charge in [-0.25, -0.2) is 0 Å². The number of aromatic nitrogens is 1. The number of hydrogen-bond donors (Lipinski definition) is 0. The third-order valence-electron chi connectivity index (χ3n) is 5.24. The minimum atomic E-state index is 0.396. The molecule has 0 amide bonds. The molecule has 4 heteroatoms. The van der Waals surface area contributed by atoms with E-state index in [1.165, 1.54) is 33.3 Å². The van der Waals surface area contributed by atoms with Gasteiger partial charge >= 0.3 is 0 Å². The van der Waals surface area contributed by atoms with Crippen molar-refractivity contribution in [1.29, 1.82) is 0 Å². The zero-order valence-electron chi connectivity index (χ0n) is 19.2. The average molecular weight is 555 g/mol. The highest BCUT2D eigenvalue weighted by molar-refractivity contribution is 14.2. The minimum Gasteiger partial charge on any atom is -0.467 e. The number of rotatable bonds is 7. The molecule has 1 unspecified atom stereocenters. The lowest BCUT2D eigenvalue weighted by molar-refractivity contribution is 0.645. The van der Waals surface area contributed by atoms with Crippen LogP contribution in [0.5, 0.6) is 5.75 Å². The van der Waals surface area contributed by atoms with Crippen molar-refractivity contribution in [1.82, 2.24) is 4.57 Å². The second kappa shape index (κ2) is 12.2. The smallest absolute Gasteiger partial charge is 0.137 e. The van der Waals surface area contributed by atoms with Gasteiger partial charge in [0, 0.05) is 28.7 Å². The van der Waals surface area contributed by atoms with E-state index in [1.54, 1.807) is 0 Å². The SMILES string of the molecule is CC.CC(C)c1c(/C=C/c2ccccc2)c2cc(OPI)ccc2n1Cc1ccccc1. The Kier molecular flexibility index (Phi) is 9.37. The van der Waals surface area contributed by atoms with E-state index in [0.29, 0.717) is 12.4 Å². The van der Waals surface area contributed by atoms with Crippen LogP contribution in [0.2, 0.25) is 0 Å². The maximum atomic E-state index is 5.84. The van der Waals surface area contributed by atoms with Crippen LogP contribution < -0.4 is 4.52 Å². The van der Waals surface area contributed by atoms with Crippen molar-refractivity contribution in [3.8, 4) is 5.75 Å². The van der Waals surface area contributed by atoms with E-state index in [-0.39, 0.29) is 0 Å². The second-order valence-corrected chi connectivity index (χ2v) is 9.31. The number of benzene rings is 3. The van der Waals surface area contributed by atoms with E-state index in [1.807, 2.05) is 13.8 Å². The van der Waals surface area contributed by atoms with Crippen molar-refractivity contribution in [2.75, 3.05) is 0 Å².